The van der Waals surface area contributed by atoms with Gasteiger partial charge in [0.05, 0.1) is 10.1 Å². The lowest BCUT2D eigenvalue weighted by Gasteiger charge is -2.10. The quantitative estimate of drug-likeness (QED) is 0.344. The minimum atomic E-state index is -0.0243. The topological polar surface area (TPSA) is 85.4 Å². The minimum Gasteiger partial charge on any atom is -0.419 e. The number of fused-ring (bicyclic) bond motifs is 1. The van der Waals surface area contributed by atoms with E-state index >= 15 is 0 Å². The van der Waals surface area contributed by atoms with Crippen LogP contribution in [0.3, 0.4) is 0 Å². The van der Waals surface area contributed by atoms with Crippen LogP contribution in [0.15, 0.2) is 57.5 Å². The standard InChI is InChI=1S/C21H18N6OS2/c1-12(19-24-25-20(28-19)17-7-4-10-29-17)30-21-26-23-18(27(21)13-8-9-13)15-11-22-16-6-3-2-5-14(15)16/h2-7,10-13,22H,8-9H2,1H3. The van der Waals surface area contributed by atoms with Crippen molar-refractivity contribution in [2.75, 3.05) is 0 Å². The predicted molar refractivity (Wildman–Crippen MR) is 117 cm³/mol. The Balaban J connectivity index is 1.33. The molecule has 1 aliphatic rings. The van der Waals surface area contributed by atoms with Gasteiger partial charge in [-0.25, -0.2) is 0 Å². The lowest BCUT2D eigenvalue weighted by molar-refractivity contribution is 0.509. The Bertz CT molecular complexity index is 1310. The molecular formula is C21H18N6OS2. The van der Waals surface area contributed by atoms with E-state index < -0.39 is 0 Å². The third kappa shape index (κ3) is 3.05. The van der Waals surface area contributed by atoms with Crippen molar-refractivity contribution < 1.29 is 4.42 Å². The van der Waals surface area contributed by atoms with E-state index in [1.165, 1.54) is 0 Å². The second kappa shape index (κ2) is 7.10. The number of thioether (sulfide) groups is 1. The molecule has 4 heterocycles. The number of para-hydroxylation sites is 1. The highest BCUT2D eigenvalue weighted by molar-refractivity contribution is 7.99. The van der Waals surface area contributed by atoms with E-state index in [1.54, 1.807) is 23.1 Å². The first-order valence-electron chi connectivity index (χ1n) is 9.83. The SMILES string of the molecule is CC(Sc1nnc(-c2c[nH]c3ccccc23)n1C1CC1)c1nnc(-c2cccs2)o1. The van der Waals surface area contributed by atoms with Gasteiger partial charge in [0.1, 0.15) is 0 Å². The second-order valence-corrected chi connectivity index (χ2v) is 9.59. The number of thiophene rings is 1. The van der Waals surface area contributed by atoms with E-state index in [2.05, 4.69) is 55.1 Å². The molecule has 6 rings (SSSR count). The van der Waals surface area contributed by atoms with E-state index in [4.69, 9.17) is 4.42 Å². The Kier molecular flexibility index (Phi) is 4.24. The summed E-state index contributed by atoms with van der Waals surface area (Å²) in [5, 5.41) is 21.6. The predicted octanol–water partition coefficient (Wildman–Crippen LogP) is 5.73. The Morgan fingerprint density at radius 3 is 2.87 bits per heavy atom. The maximum Gasteiger partial charge on any atom is 0.257 e. The minimum absolute atomic E-state index is 0.0243. The summed E-state index contributed by atoms with van der Waals surface area (Å²) in [5.41, 5.74) is 2.19. The lowest BCUT2D eigenvalue weighted by Crippen LogP contribution is -2.01. The molecule has 150 valence electrons. The number of hydrogen-bond acceptors (Lipinski definition) is 7. The van der Waals surface area contributed by atoms with Gasteiger partial charge in [-0.3, -0.25) is 4.57 Å². The number of nitrogens with zero attached hydrogens (tertiary/aromatic N) is 5. The lowest BCUT2D eigenvalue weighted by atomic mass is 10.1. The van der Waals surface area contributed by atoms with Crippen LogP contribution >= 0.6 is 23.1 Å². The van der Waals surface area contributed by atoms with Crippen molar-refractivity contribution in [3.05, 3.63) is 53.9 Å². The zero-order chi connectivity index (χ0) is 20.1. The molecule has 1 N–H and O–H groups in total. The molecule has 1 aromatic carbocycles. The van der Waals surface area contributed by atoms with Gasteiger partial charge in [0.25, 0.3) is 5.89 Å². The zero-order valence-electron chi connectivity index (χ0n) is 16.1. The van der Waals surface area contributed by atoms with Gasteiger partial charge < -0.3 is 9.40 Å². The smallest absolute Gasteiger partial charge is 0.257 e. The van der Waals surface area contributed by atoms with Crippen molar-refractivity contribution in [3.63, 3.8) is 0 Å². The molecule has 4 aromatic heterocycles. The van der Waals surface area contributed by atoms with Crippen molar-refractivity contribution in [2.24, 2.45) is 0 Å². The Morgan fingerprint density at radius 2 is 2.03 bits per heavy atom. The third-order valence-electron chi connectivity index (χ3n) is 5.21. The maximum absolute atomic E-state index is 5.92. The third-order valence-corrected chi connectivity index (χ3v) is 7.11. The summed E-state index contributed by atoms with van der Waals surface area (Å²) in [6, 6.07) is 12.7. The largest absolute Gasteiger partial charge is 0.419 e. The van der Waals surface area contributed by atoms with Crippen LogP contribution < -0.4 is 0 Å². The first kappa shape index (κ1) is 17.9. The fourth-order valence-electron chi connectivity index (χ4n) is 3.57. The Labute approximate surface area is 180 Å². The van der Waals surface area contributed by atoms with Crippen molar-refractivity contribution >= 4 is 34.0 Å². The van der Waals surface area contributed by atoms with Gasteiger partial charge in [0, 0.05) is 28.7 Å². The van der Waals surface area contributed by atoms with Crippen LogP contribution in [0.1, 0.15) is 36.9 Å². The van der Waals surface area contributed by atoms with Gasteiger partial charge in [-0.05, 0) is 37.3 Å². The zero-order valence-corrected chi connectivity index (χ0v) is 17.8. The number of H-pyrrole nitrogens is 1. The van der Waals surface area contributed by atoms with Gasteiger partial charge in [-0.1, -0.05) is 36.0 Å². The van der Waals surface area contributed by atoms with Crippen LogP contribution in [0.2, 0.25) is 0 Å². The van der Waals surface area contributed by atoms with Crippen molar-refractivity contribution in [1.82, 2.24) is 29.9 Å². The second-order valence-electron chi connectivity index (χ2n) is 7.34. The van der Waals surface area contributed by atoms with Crippen LogP contribution in [-0.4, -0.2) is 29.9 Å². The molecular weight excluding hydrogens is 416 g/mol. The van der Waals surface area contributed by atoms with Crippen LogP contribution in [0.4, 0.5) is 0 Å². The van der Waals surface area contributed by atoms with E-state index in [0.717, 1.165) is 45.2 Å². The highest BCUT2D eigenvalue weighted by atomic mass is 32.2. The molecule has 0 amide bonds. The molecule has 30 heavy (non-hydrogen) atoms. The fraction of sp³-hybridized carbons (Fsp3) is 0.238. The molecule has 1 aliphatic carbocycles. The molecule has 0 spiro atoms. The molecule has 5 aromatic rings. The van der Waals surface area contributed by atoms with Crippen LogP contribution in [0, 0.1) is 0 Å². The molecule has 0 aliphatic heterocycles. The monoisotopic (exact) mass is 434 g/mol. The summed E-state index contributed by atoms with van der Waals surface area (Å²) in [4.78, 5) is 4.33. The van der Waals surface area contributed by atoms with Crippen molar-refractivity contribution in [3.8, 4) is 22.2 Å². The molecule has 0 bridgehead atoms. The fourth-order valence-corrected chi connectivity index (χ4v) is 5.16. The Hall–Kier alpha value is -2.91. The van der Waals surface area contributed by atoms with Gasteiger partial charge in [0.15, 0.2) is 11.0 Å². The highest BCUT2D eigenvalue weighted by Crippen LogP contribution is 2.44. The number of aromatic amines is 1. The van der Waals surface area contributed by atoms with Crippen LogP contribution in [-0.2, 0) is 0 Å². The van der Waals surface area contributed by atoms with Gasteiger partial charge in [-0.2, -0.15) is 0 Å². The molecule has 7 nitrogen and oxygen atoms in total. The molecule has 1 fully saturated rings. The number of hydrogen-bond donors (Lipinski definition) is 1. The molecule has 1 saturated carbocycles. The van der Waals surface area contributed by atoms with Gasteiger partial charge in [-0.15, -0.1) is 31.7 Å². The van der Waals surface area contributed by atoms with E-state index in [0.29, 0.717) is 17.8 Å². The first-order valence-corrected chi connectivity index (χ1v) is 11.6. The molecule has 0 saturated heterocycles. The summed E-state index contributed by atoms with van der Waals surface area (Å²) >= 11 is 3.20. The Morgan fingerprint density at radius 1 is 1.13 bits per heavy atom. The number of rotatable bonds is 6. The number of nitrogens with one attached hydrogen (secondary N) is 1. The molecule has 9 heteroatoms. The summed E-state index contributed by atoms with van der Waals surface area (Å²) in [7, 11) is 0. The van der Waals surface area contributed by atoms with E-state index in [-0.39, 0.29) is 5.25 Å². The number of benzene rings is 1. The maximum atomic E-state index is 5.92. The number of aromatic nitrogens is 6. The van der Waals surface area contributed by atoms with Gasteiger partial charge in [0.2, 0.25) is 5.89 Å². The van der Waals surface area contributed by atoms with Crippen molar-refractivity contribution in [1.29, 1.82) is 0 Å². The molecule has 0 radical (unpaired) electrons. The highest BCUT2D eigenvalue weighted by Gasteiger charge is 2.32. The summed E-state index contributed by atoms with van der Waals surface area (Å²) in [6.07, 6.45) is 4.33. The van der Waals surface area contributed by atoms with Crippen molar-refractivity contribution in [2.45, 2.75) is 36.2 Å². The van der Waals surface area contributed by atoms with E-state index in [9.17, 15) is 0 Å². The molecule has 1 unspecified atom stereocenters. The summed E-state index contributed by atoms with van der Waals surface area (Å²) < 4.78 is 8.19. The average Bonchev–Trinajstić information content (AvgIpc) is 3.24. The normalized spacial score (nSPS) is 15.1. The molecule has 1 atom stereocenters. The summed E-state index contributed by atoms with van der Waals surface area (Å²) in [6.45, 7) is 2.06. The van der Waals surface area contributed by atoms with Crippen LogP contribution in [0.5, 0.6) is 0 Å². The average molecular weight is 435 g/mol. The van der Waals surface area contributed by atoms with Crippen LogP contribution in [0.25, 0.3) is 33.1 Å². The first-order chi connectivity index (χ1) is 14.8. The van der Waals surface area contributed by atoms with Gasteiger partial charge >= 0.3 is 0 Å². The van der Waals surface area contributed by atoms with E-state index in [1.807, 2.05) is 29.8 Å². The summed E-state index contributed by atoms with van der Waals surface area (Å²) in [5.74, 6) is 2.08.